The Bertz CT molecular complexity index is 1430. The first-order valence-corrected chi connectivity index (χ1v) is 11.3. The van der Waals surface area contributed by atoms with Gasteiger partial charge < -0.3 is 9.30 Å². The molecule has 6 nitrogen and oxygen atoms in total. The van der Waals surface area contributed by atoms with Gasteiger partial charge in [-0.15, -0.1) is 0 Å². The van der Waals surface area contributed by atoms with Crippen LogP contribution in [0.1, 0.15) is 28.1 Å². The molecule has 0 unspecified atom stereocenters. The topological polar surface area (TPSA) is 81.1 Å². The van der Waals surface area contributed by atoms with Gasteiger partial charge in [0.25, 0.3) is 5.69 Å². The van der Waals surface area contributed by atoms with E-state index in [1.807, 2.05) is 74.5 Å². The van der Waals surface area contributed by atoms with Crippen LogP contribution in [0.25, 0.3) is 17.3 Å². The van der Waals surface area contributed by atoms with E-state index >= 15 is 0 Å². The lowest BCUT2D eigenvalue weighted by atomic mass is 10.0. The number of halogens is 1. The van der Waals surface area contributed by atoms with Crippen LogP contribution in [0.15, 0.2) is 78.9 Å². The zero-order valence-electron chi connectivity index (χ0n) is 19.2. The van der Waals surface area contributed by atoms with Crippen molar-refractivity contribution in [3.05, 3.63) is 122 Å². The fourth-order valence-electron chi connectivity index (χ4n) is 3.87. The number of rotatable bonds is 7. The highest BCUT2D eigenvalue weighted by molar-refractivity contribution is 6.30. The van der Waals surface area contributed by atoms with Crippen LogP contribution in [-0.2, 0) is 6.61 Å². The van der Waals surface area contributed by atoms with Crippen molar-refractivity contribution in [3.63, 3.8) is 0 Å². The molecule has 7 heteroatoms. The van der Waals surface area contributed by atoms with E-state index in [-0.39, 0.29) is 5.69 Å². The van der Waals surface area contributed by atoms with Crippen molar-refractivity contribution in [1.82, 2.24) is 4.57 Å². The number of aryl methyl sites for hydroxylation is 1. The summed E-state index contributed by atoms with van der Waals surface area (Å²) in [5, 5.41) is 21.3. The van der Waals surface area contributed by atoms with Gasteiger partial charge in [-0.25, -0.2) is 0 Å². The number of nitrogens with zero attached hydrogens (tertiary/aromatic N) is 3. The van der Waals surface area contributed by atoms with Crippen LogP contribution in [0.2, 0.25) is 5.02 Å². The minimum atomic E-state index is -0.457. The van der Waals surface area contributed by atoms with Crippen LogP contribution in [-0.4, -0.2) is 9.49 Å². The third-order valence-electron chi connectivity index (χ3n) is 5.69. The molecule has 174 valence electrons. The first-order chi connectivity index (χ1) is 16.9. The lowest BCUT2D eigenvalue weighted by molar-refractivity contribution is -0.384. The molecule has 3 aromatic carbocycles. The van der Waals surface area contributed by atoms with E-state index in [1.54, 1.807) is 12.1 Å². The maximum atomic E-state index is 10.9. The molecule has 0 saturated carbocycles. The molecule has 0 amide bonds. The normalized spacial score (nSPS) is 11.2. The number of nitriles is 1. The standard InChI is InChI=1S/C28H22ClN3O3/c1-19-15-23(16-24(17-30)22-5-9-27(10-6-22)32(33)34)20(2)31(19)26-11-13-28(14-12-26)35-18-21-3-7-25(29)8-4-21/h3-16H,18H2,1-2H3/b24-16-. The summed E-state index contributed by atoms with van der Waals surface area (Å²) in [6, 6.07) is 25.6. The summed E-state index contributed by atoms with van der Waals surface area (Å²) in [7, 11) is 0. The second kappa shape index (κ2) is 10.3. The number of aromatic nitrogens is 1. The van der Waals surface area contributed by atoms with Crippen LogP contribution in [0.3, 0.4) is 0 Å². The maximum absolute atomic E-state index is 10.9. The predicted molar refractivity (Wildman–Crippen MR) is 138 cm³/mol. The van der Waals surface area contributed by atoms with E-state index in [9.17, 15) is 15.4 Å². The number of non-ortho nitro benzene ring substituents is 1. The molecule has 0 saturated heterocycles. The first-order valence-electron chi connectivity index (χ1n) is 10.9. The van der Waals surface area contributed by atoms with Crippen molar-refractivity contribution >= 4 is 28.9 Å². The van der Waals surface area contributed by atoms with Crippen LogP contribution in [0, 0.1) is 35.3 Å². The molecule has 0 aliphatic rings. The predicted octanol–water partition coefficient (Wildman–Crippen LogP) is 7.30. The number of allylic oxidation sites excluding steroid dienone is 1. The molecule has 35 heavy (non-hydrogen) atoms. The highest BCUT2D eigenvalue weighted by atomic mass is 35.5. The second-order valence-corrected chi connectivity index (χ2v) is 8.48. The van der Waals surface area contributed by atoms with Gasteiger partial charge in [-0.2, -0.15) is 5.26 Å². The third kappa shape index (κ3) is 5.43. The molecule has 0 radical (unpaired) electrons. The molecular formula is C28H22ClN3O3. The molecule has 0 aliphatic heterocycles. The summed E-state index contributed by atoms with van der Waals surface area (Å²) in [5.41, 5.74) is 5.97. The van der Waals surface area contributed by atoms with E-state index in [0.29, 0.717) is 22.8 Å². The van der Waals surface area contributed by atoms with Gasteiger partial charge >= 0.3 is 0 Å². The average Bonchev–Trinajstić information content (AvgIpc) is 3.15. The van der Waals surface area contributed by atoms with Crippen LogP contribution in [0.5, 0.6) is 5.75 Å². The first kappa shape index (κ1) is 23.8. The molecule has 0 spiro atoms. The largest absolute Gasteiger partial charge is 0.489 e. The third-order valence-corrected chi connectivity index (χ3v) is 5.95. The Kier molecular flexibility index (Phi) is 7.00. The Hall–Kier alpha value is -4.34. The lowest BCUT2D eigenvalue weighted by Crippen LogP contribution is -2.00. The number of ether oxygens (including phenoxy) is 1. The van der Waals surface area contributed by atoms with Crippen molar-refractivity contribution in [3.8, 4) is 17.5 Å². The number of nitro groups is 1. The van der Waals surface area contributed by atoms with Crippen molar-refractivity contribution in [2.45, 2.75) is 20.5 Å². The van der Waals surface area contributed by atoms with Crippen LogP contribution in [0.4, 0.5) is 5.69 Å². The van der Waals surface area contributed by atoms with Crippen LogP contribution < -0.4 is 4.74 Å². The van der Waals surface area contributed by atoms with Crippen LogP contribution >= 0.6 is 11.6 Å². The lowest BCUT2D eigenvalue weighted by Gasteiger charge is -2.12. The Labute approximate surface area is 208 Å². The Balaban J connectivity index is 1.55. The van der Waals surface area contributed by atoms with Crippen molar-refractivity contribution in [2.75, 3.05) is 0 Å². The quantitative estimate of drug-likeness (QED) is 0.157. The van der Waals surface area contributed by atoms with Gasteiger partial charge in [0.15, 0.2) is 0 Å². The minimum absolute atomic E-state index is 0.00944. The van der Waals surface area contributed by atoms with Gasteiger partial charge in [0, 0.05) is 34.2 Å². The maximum Gasteiger partial charge on any atom is 0.269 e. The Morgan fingerprint density at radius 1 is 1.06 bits per heavy atom. The summed E-state index contributed by atoms with van der Waals surface area (Å²) in [4.78, 5) is 10.4. The van der Waals surface area contributed by atoms with Crippen molar-refractivity contribution < 1.29 is 9.66 Å². The van der Waals surface area contributed by atoms with E-state index in [4.69, 9.17) is 16.3 Å². The Morgan fingerprint density at radius 3 is 2.31 bits per heavy atom. The summed E-state index contributed by atoms with van der Waals surface area (Å²) < 4.78 is 8.00. The van der Waals surface area contributed by atoms with E-state index in [1.165, 1.54) is 12.1 Å². The SMILES string of the molecule is Cc1cc(/C=C(/C#N)c2ccc([N+](=O)[O-])cc2)c(C)n1-c1ccc(OCc2ccc(Cl)cc2)cc1. The summed E-state index contributed by atoms with van der Waals surface area (Å²) in [5.74, 6) is 0.760. The van der Waals surface area contributed by atoms with Gasteiger partial charge in [0.05, 0.1) is 16.6 Å². The highest BCUT2D eigenvalue weighted by Crippen LogP contribution is 2.27. The molecule has 4 aromatic rings. The Morgan fingerprint density at radius 2 is 1.71 bits per heavy atom. The summed E-state index contributed by atoms with van der Waals surface area (Å²) in [6.45, 7) is 4.45. The number of hydrogen-bond donors (Lipinski definition) is 0. The molecule has 0 N–H and O–H groups in total. The molecule has 0 fully saturated rings. The molecule has 1 heterocycles. The summed E-state index contributed by atoms with van der Waals surface area (Å²) in [6.07, 6.45) is 1.81. The smallest absolute Gasteiger partial charge is 0.269 e. The molecular weight excluding hydrogens is 462 g/mol. The van der Waals surface area contributed by atoms with Gasteiger partial charge in [0.1, 0.15) is 12.4 Å². The molecule has 0 aliphatic carbocycles. The van der Waals surface area contributed by atoms with Gasteiger partial charge in [-0.1, -0.05) is 23.7 Å². The van der Waals surface area contributed by atoms with Crippen molar-refractivity contribution in [1.29, 1.82) is 5.26 Å². The number of hydrogen-bond acceptors (Lipinski definition) is 4. The van der Waals surface area contributed by atoms with Gasteiger partial charge in [-0.3, -0.25) is 10.1 Å². The molecule has 0 bridgehead atoms. The molecule has 0 atom stereocenters. The fraction of sp³-hybridized carbons (Fsp3) is 0.107. The minimum Gasteiger partial charge on any atom is -0.489 e. The van der Waals surface area contributed by atoms with E-state index < -0.39 is 4.92 Å². The number of benzene rings is 3. The van der Waals surface area contributed by atoms with Gasteiger partial charge in [-0.05, 0) is 91.2 Å². The van der Waals surface area contributed by atoms with E-state index in [2.05, 4.69) is 10.6 Å². The highest BCUT2D eigenvalue weighted by Gasteiger charge is 2.12. The zero-order valence-corrected chi connectivity index (χ0v) is 20.0. The second-order valence-electron chi connectivity index (χ2n) is 8.04. The monoisotopic (exact) mass is 483 g/mol. The summed E-state index contributed by atoms with van der Waals surface area (Å²) >= 11 is 5.93. The van der Waals surface area contributed by atoms with Gasteiger partial charge in [0.2, 0.25) is 0 Å². The van der Waals surface area contributed by atoms with E-state index in [0.717, 1.165) is 34.0 Å². The van der Waals surface area contributed by atoms with Crippen molar-refractivity contribution in [2.24, 2.45) is 0 Å². The zero-order chi connectivity index (χ0) is 24.9. The molecule has 1 aromatic heterocycles. The molecule has 4 rings (SSSR count). The number of nitro benzene ring substituents is 1. The fourth-order valence-corrected chi connectivity index (χ4v) is 3.99. The average molecular weight is 484 g/mol.